The van der Waals surface area contributed by atoms with Gasteiger partial charge in [0.25, 0.3) is 5.91 Å². The number of carbonyl (C=O) groups excluding carboxylic acids is 2. The molecule has 0 spiro atoms. The van der Waals surface area contributed by atoms with Gasteiger partial charge in [0.2, 0.25) is 5.91 Å². The molecular weight excluding hydrogens is 464 g/mol. The van der Waals surface area contributed by atoms with Gasteiger partial charge in [0, 0.05) is 37.3 Å². The lowest BCUT2D eigenvalue weighted by atomic mass is 10.00. The van der Waals surface area contributed by atoms with E-state index in [1.54, 1.807) is 24.3 Å². The van der Waals surface area contributed by atoms with Crippen LogP contribution in [0.1, 0.15) is 40.9 Å². The number of hydrogen-bond donors (Lipinski definition) is 4. The molecule has 190 valence electrons. The molecule has 0 radical (unpaired) electrons. The topological polar surface area (TPSA) is 90.5 Å². The van der Waals surface area contributed by atoms with Gasteiger partial charge in [-0.1, -0.05) is 31.2 Å². The molecule has 3 rings (SSSR count). The van der Waals surface area contributed by atoms with Gasteiger partial charge in [-0.15, -0.1) is 0 Å². The van der Waals surface area contributed by atoms with Crippen LogP contribution in [-0.2, 0) is 24.2 Å². The Morgan fingerprint density at radius 3 is 2.22 bits per heavy atom. The lowest BCUT2D eigenvalue weighted by Gasteiger charge is -2.25. The van der Waals surface area contributed by atoms with E-state index in [2.05, 4.69) is 28.9 Å². The van der Waals surface area contributed by atoms with Crippen LogP contribution in [0.3, 0.4) is 0 Å². The summed E-state index contributed by atoms with van der Waals surface area (Å²) >= 11 is 0. The van der Waals surface area contributed by atoms with Crippen molar-refractivity contribution in [2.24, 2.45) is 0 Å². The number of nitrogens with one attached hydrogen (secondary N) is 3. The molecule has 4 N–H and O–H groups in total. The van der Waals surface area contributed by atoms with Crippen LogP contribution in [0.5, 0.6) is 0 Å². The number of aliphatic hydroxyl groups excluding tert-OH is 1. The van der Waals surface area contributed by atoms with Crippen molar-refractivity contribution in [2.75, 3.05) is 11.9 Å². The van der Waals surface area contributed by atoms with Crippen LogP contribution in [0, 0.1) is 11.6 Å². The monoisotopic (exact) mass is 495 g/mol. The fraction of sp³-hybridized carbons (Fsp3) is 0.286. The summed E-state index contributed by atoms with van der Waals surface area (Å²) in [7, 11) is 0. The van der Waals surface area contributed by atoms with E-state index in [0.29, 0.717) is 23.4 Å². The first-order chi connectivity index (χ1) is 17.2. The van der Waals surface area contributed by atoms with Gasteiger partial charge in [-0.3, -0.25) is 9.59 Å². The maximum absolute atomic E-state index is 13.8. The van der Waals surface area contributed by atoms with E-state index in [9.17, 15) is 23.5 Å². The zero-order valence-corrected chi connectivity index (χ0v) is 20.4. The molecule has 0 unspecified atom stereocenters. The van der Waals surface area contributed by atoms with Crippen molar-refractivity contribution < 1.29 is 23.5 Å². The summed E-state index contributed by atoms with van der Waals surface area (Å²) in [5.41, 5.74) is 3.44. The van der Waals surface area contributed by atoms with Gasteiger partial charge < -0.3 is 21.1 Å². The Morgan fingerprint density at radius 2 is 1.58 bits per heavy atom. The van der Waals surface area contributed by atoms with Crippen molar-refractivity contribution in [1.82, 2.24) is 10.6 Å². The molecule has 36 heavy (non-hydrogen) atoms. The van der Waals surface area contributed by atoms with E-state index in [-0.39, 0.29) is 18.9 Å². The third-order valence-corrected chi connectivity index (χ3v) is 5.71. The molecule has 0 fully saturated rings. The van der Waals surface area contributed by atoms with Gasteiger partial charge in [-0.25, -0.2) is 8.78 Å². The smallest absolute Gasteiger partial charge is 0.251 e. The van der Waals surface area contributed by atoms with E-state index in [4.69, 9.17) is 0 Å². The molecular formula is C28H31F2N3O3. The van der Waals surface area contributed by atoms with E-state index in [1.165, 1.54) is 24.6 Å². The third-order valence-electron chi connectivity index (χ3n) is 5.71. The minimum atomic E-state index is -1.03. The predicted octanol–water partition coefficient (Wildman–Crippen LogP) is 3.98. The van der Waals surface area contributed by atoms with Gasteiger partial charge in [-0.2, -0.15) is 0 Å². The van der Waals surface area contributed by atoms with Crippen molar-refractivity contribution in [1.29, 1.82) is 0 Å². The summed E-state index contributed by atoms with van der Waals surface area (Å²) in [4.78, 5) is 24.1. The van der Waals surface area contributed by atoms with Crippen LogP contribution in [-0.4, -0.2) is 35.6 Å². The van der Waals surface area contributed by atoms with Crippen LogP contribution < -0.4 is 16.0 Å². The van der Waals surface area contributed by atoms with Crippen LogP contribution in [0.25, 0.3) is 0 Å². The number of carbonyl (C=O) groups is 2. The van der Waals surface area contributed by atoms with E-state index < -0.39 is 29.7 Å². The molecule has 0 bridgehead atoms. The lowest BCUT2D eigenvalue weighted by molar-refractivity contribution is -0.114. The number of aliphatic hydroxyl groups is 1. The Kier molecular flexibility index (Phi) is 9.67. The molecule has 0 aromatic heterocycles. The first kappa shape index (κ1) is 27.0. The standard InChI is InChI=1S/C28H31F2N3O3/c1-3-19-5-4-6-20(11-19)16-31-17-27(35)26(14-21-12-23(29)15-24(30)13-21)33-28(36)22-7-9-25(10-8-22)32-18(2)34/h4-13,15,26-27,31,35H,3,14,16-17H2,1-2H3,(H,32,34)(H,33,36)/t26-,27+/m0/s1. The molecule has 0 aliphatic carbocycles. The maximum Gasteiger partial charge on any atom is 0.251 e. The SMILES string of the molecule is CCc1cccc(CNC[C@@H](O)[C@H](Cc2cc(F)cc(F)c2)NC(=O)c2ccc(NC(C)=O)cc2)c1. The number of rotatable bonds is 11. The summed E-state index contributed by atoms with van der Waals surface area (Å²) in [6.07, 6.45) is -0.0904. The number of aryl methyl sites for hydroxylation is 1. The molecule has 3 aromatic carbocycles. The normalized spacial score (nSPS) is 12.6. The average molecular weight is 496 g/mol. The quantitative estimate of drug-likeness (QED) is 0.324. The molecule has 2 atom stereocenters. The zero-order chi connectivity index (χ0) is 26.1. The highest BCUT2D eigenvalue weighted by Crippen LogP contribution is 2.14. The Bertz CT molecular complexity index is 1160. The van der Waals surface area contributed by atoms with Crippen LogP contribution in [0.2, 0.25) is 0 Å². The molecule has 0 aliphatic rings. The predicted molar refractivity (Wildman–Crippen MR) is 136 cm³/mol. The molecule has 3 aromatic rings. The molecule has 2 amide bonds. The van der Waals surface area contributed by atoms with Crippen LogP contribution >= 0.6 is 0 Å². The summed E-state index contributed by atoms with van der Waals surface area (Å²) < 4.78 is 27.5. The van der Waals surface area contributed by atoms with Gasteiger partial charge in [0.05, 0.1) is 12.1 Å². The Labute approximate surface area is 209 Å². The first-order valence-electron chi connectivity index (χ1n) is 11.8. The minimum absolute atomic E-state index is 0.0264. The number of benzene rings is 3. The van der Waals surface area contributed by atoms with Crippen molar-refractivity contribution in [2.45, 2.75) is 45.4 Å². The number of amides is 2. The highest BCUT2D eigenvalue weighted by Gasteiger charge is 2.23. The highest BCUT2D eigenvalue weighted by molar-refractivity contribution is 5.95. The van der Waals surface area contributed by atoms with Gasteiger partial charge in [-0.05, 0) is 65.9 Å². The lowest BCUT2D eigenvalue weighted by Crippen LogP contribution is -2.48. The zero-order valence-electron chi connectivity index (χ0n) is 20.4. The molecule has 0 heterocycles. The average Bonchev–Trinajstić information content (AvgIpc) is 2.83. The first-order valence-corrected chi connectivity index (χ1v) is 11.8. The van der Waals surface area contributed by atoms with E-state index >= 15 is 0 Å². The molecule has 8 heteroatoms. The summed E-state index contributed by atoms with van der Waals surface area (Å²) in [6, 6.07) is 16.7. The van der Waals surface area contributed by atoms with E-state index in [1.807, 2.05) is 18.2 Å². The largest absolute Gasteiger partial charge is 0.390 e. The second-order valence-electron chi connectivity index (χ2n) is 8.69. The Hall–Kier alpha value is -3.62. The van der Waals surface area contributed by atoms with Crippen LogP contribution in [0.4, 0.5) is 14.5 Å². The fourth-order valence-corrected chi connectivity index (χ4v) is 3.89. The second kappa shape index (κ2) is 12.9. The summed E-state index contributed by atoms with van der Waals surface area (Å²) in [5, 5.41) is 19.5. The maximum atomic E-state index is 13.8. The second-order valence-corrected chi connectivity index (χ2v) is 8.69. The van der Waals surface area contributed by atoms with Crippen molar-refractivity contribution in [3.8, 4) is 0 Å². The molecule has 0 saturated carbocycles. The summed E-state index contributed by atoms with van der Waals surface area (Å²) in [5.74, 6) is -2.15. The molecule has 0 aliphatic heterocycles. The number of anilines is 1. The van der Waals surface area contributed by atoms with Crippen molar-refractivity contribution >= 4 is 17.5 Å². The van der Waals surface area contributed by atoms with Crippen molar-refractivity contribution in [3.63, 3.8) is 0 Å². The van der Waals surface area contributed by atoms with E-state index in [0.717, 1.165) is 18.1 Å². The van der Waals surface area contributed by atoms with Crippen LogP contribution in [0.15, 0.2) is 66.7 Å². The number of halogens is 2. The van der Waals surface area contributed by atoms with Gasteiger partial charge >= 0.3 is 0 Å². The Balaban J connectivity index is 1.70. The third kappa shape index (κ3) is 8.25. The minimum Gasteiger partial charge on any atom is -0.390 e. The number of hydrogen-bond acceptors (Lipinski definition) is 4. The molecule has 0 saturated heterocycles. The van der Waals surface area contributed by atoms with Gasteiger partial charge in [0.15, 0.2) is 0 Å². The summed E-state index contributed by atoms with van der Waals surface area (Å²) in [6.45, 7) is 4.13. The van der Waals surface area contributed by atoms with Gasteiger partial charge in [0.1, 0.15) is 11.6 Å². The Morgan fingerprint density at radius 1 is 0.917 bits per heavy atom. The highest BCUT2D eigenvalue weighted by atomic mass is 19.1. The fourth-order valence-electron chi connectivity index (χ4n) is 3.89. The van der Waals surface area contributed by atoms with Crippen molar-refractivity contribution in [3.05, 3.63) is 101 Å². The molecule has 6 nitrogen and oxygen atoms in total.